The van der Waals surface area contributed by atoms with Gasteiger partial charge in [-0.25, -0.2) is 18.6 Å². The minimum Gasteiger partial charge on any atom is -0.464 e. The minimum absolute atomic E-state index is 0.0226. The van der Waals surface area contributed by atoms with E-state index >= 15 is 0 Å². The van der Waals surface area contributed by atoms with Crippen molar-refractivity contribution in [1.82, 2.24) is 4.98 Å². The molecule has 88 valence electrons. The number of nitrogens with zero attached hydrogens (tertiary/aromatic N) is 1. The quantitative estimate of drug-likeness (QED) is 0.635. The maximum Gasteiger partial charge on any atom is 0.357 e. The monoisotopic (exact) mass is 313 g/mol. The van der Waals surface area contributed by atoms with Gasteiger partial charge in [0.25, 0.3) is 6.43 Å². The summed E-state index contributed by atoms with van der Waals surface area (Å²) in [5.74, 6) is -0.883. The smallest absolute Gasteiger partial charge is 0.357 e. The van der Waals surface area contributed by atoms with Gasteiger partial charge in [-0.2, -0.15) is 0 Å². The average molecular weight is 315 g/mol. The number of pyridine rings is 1. The second-order valence-electron chi connectivity index (χ2n) is 2.79. The van der Waals surface area contributed by atoms with E-state index in [0.29, 0.717) is 5.56 Å². The van der Waals surface area contributed by atoms with Gasteiger partial charge in [0.1, 0.15) is 0 Å². The molecule has 0 aliphatic carbocycles. The number of hydrogen-bond acceptors (Lipinski definition) is 3. The highest BCUT2D eigenvalue weighted by molar-refractivity contribution is 9.10. The van der Waals surface area contributed by atoms with E-state index in [1.54, 1.807) is 0 Å². The van der Waals surface area contributed by atoms with Gasteiger partial charge in [-0.15, -0.1) is 11.6 Å². The van der Waals surface area contributed by atoms with Gasteiger partial charge in [0.2, 0.25) is 0 Å². The molecular formula is C9H7BrClF2NO2. The van der Waals surface area contributed by atoms with Crippen molar-refractivity contribution < 1.29 is 18.3 Å². The molecular weight excluding hydrogens is 307 g/mol. The normalized spacial score (nSPS) is 10.6. The van der Waals surface area contributed by atoms with Crippen molar-refractivity contribution in [3.8, 4) is 0 Å². The number of aromatic nitrogens is 1. The molecule has 0 amide bonds. The average Bonchev–Trinajstić information content (AvgIpc) is 2.26. The van der Waals surface area contributed by atoms with Crippen LogP contribution >= 0.6 is 27.5 Å². The summed E-state index contributed by atoms with van der Waals surface area (Å²) >= 11 is 8.52. The number of esters is 1. The van der Waals surface area contributed by atoms with Crippen molar-refractivity contribution in [3.05, 3.63) is 27.5 Å². The molecule has 3 nitrogen and oxygen atoms in total. The zero-order valence-corrected chi connectivity index (χ0v) is 10.5. The topological polar surface area (TPSA) is 39.2 Å². The third kappa shape index (κ3) is 2.49. The molecule has 0 saturated heterocycles. The fraction of sp³-hybridized carbons (Fsp3) is 0.333. The second kappa shape index (κ2) is 5.54. The molecule has 1 aromatic rings. The highest BCUT2D eigenvalue weighted by Crippen LogP contribution is 2.33. The van der Waals surface area contributed by atoms with E-state index in [0.717, 1.165) is 7.11 Å². The van der Waals surface area contributed by atoms with Gasteiger partial charge in [0.15, 0.2) is 5.69 Å². The Morgan fingerprint density at radius 2 is 2.31 bits per heavy atom. The Labute approximate surface area is 104 Å². The Kier molecular flexibility index (Phi) is 4.61. The van der Waals surface area contributed by atoms with Crippen molar-refractivity contribution in [2.75, 3.05) is 7.11 Å². The minimum atomic E-state index is -2.83. The number of ether oxygens (including phenoxy) is 1. The molecule has 0 aromatic carbocycles. The van der Waals surface area contributed by atoms with Crippen LogP contribution in [0.25, 0.3) is 0 Å². The van der Waals surface area contributed by atoms with Gasteiger partial charge in [-0.05, 0) is 21.5 Å². The lowest BCUT2D eigenvalue weighted by molar-refractivity contribution is 0.0581. The molecule has 0 N–H and O–H groups in total. The molecule has 0 spiro atoms. The third-order valence-corrected chi connectivity index (χ3v) is 3.09. The summed E-state index contributed by atoms with van der Waals surface area (Å²) < 4.78 is 30.0. The summed E-state index contributed by atoms with van der Waals surface area (Å²) in [4.78, 5) is 14.9. The molecule has 16 heavy (non-hydrogen) atoms. The summed E-state index contributed by atoms with van der Waals surface area (Å²) in [6, 6.07) is 0. The number of rotatable bonds is 3. The van der Waals surface area contributed by atoms with Crippen molar-refractivity contribution in [3.63, 3.8) is 0 Å². The van der Waals surface area contributed by atoms with Crippen LogP contribution in [0.1, 0.15) is 28.0 Å². The van der Waals surface area contributed by atoms with Gasteiger partial charge >= 0.3 is 5.97 Å². The van der Waals surface area contributed by atoms with Crippen LogP contribution in [0.4, 0.5) is 8.78 Å². The number of methoxy groups -OCH3 is 1. The summed E-state index contributed by atoms with van der Waals surface area (Å²) in [7, 11) is 1.10. The van der Waals surface area contributed by atoms with E-state index in [2.05, 4.69) is 25.7 Å². The van der Waals surface area contributed by atoms with E-state index in [-0.39, 0.29) is 10.4 Å². The zero-order valence-electron chi connectivity index (χ0n) is 8.14. The Morgan fingerprint density at radius 3 is 2.75 bits per heavy atom. The standard InChI is InChI=1S/C9H7BrClF2NO2/c1-16-9(15)7-5(8(12)13)6(10)4(2-11)3-14-7/h3,8H,2H2,1H3. The number of hydrogen-bond donors (Lipinski definition) is 0. The maximum absolute atomic E-state index is 12.8. The van der Waals surface area contributed by atoms with Gasteiger partial charge in [-0.1, -0.05) is 0 Å². The maximum atomic E-state index is 12.8. The van der Waals surface area contributed by atoms with Crippen LogP contribution in [-0.4, -0.2) is 18.1 Å². The predicted molar refractivity (Wildman–Crippen MR) is 57.8 cm³/mol. The lowest BCUT2D eigenvalue weighted by atomic mass is 10.1. The van der Waals surface area contributed by atoms with Crippen molar-refractivity contribution >= 4 is 33.5 Å². The number of alkyl halides is 3. The van der Waals surface area contributed by atoms with Crippen LogP contribution in [0.3, 0.4) is 0 Å². The first kappa shape index (κ1) is 13.3. The van der Waals surface area contributed by atoms with E-state index < -0.39 is 23.7 Å². The molecule has 0 radical (unpaired) electrons. The molecule has 0 unspecified atom stereocenters. The van der Waals surface area contributed by atoms with Crippen LogP contribution in [0.2, 0.25) is 0 Å². The number of carbonyl (C=O) groups excluding carboxylic acids is 1. The summed E-state index contributed by atoms with van der Waals surface area (Å²) in [5, 5.41) is 0. The molecule has 0 aliphatic heterocycles. The van der Waals surface area contributed by atoms with Gasteiger partial charge in [0.05, 0.1) is 18.6 Å². The van der Waals surface area contributed by atoms with Crippen LogP contribution in [0, 0.1) is 0 Å². The van der Waals surface area contributed by atoms with Crippen molar-refractivity contribution in [2.45, 2.75) is 12.3 Å². The largest absolute Gasteiger partial charge is 0.464 e. The van der Waals surface area contributed by atoms with Gasteiger partial charge in [-0.3, -0.25) is 0 Å². The summed E-state index contributed by atoms with van der Waals surface area (Å²) in [6.45, 7) is 0. The predicted octanol–water partition coefficient (Wildman–Crippen LogP) is 3.31. The van der Waals surface area contributed by atoms with Gasteiger partial charge < -0.3 is 4.74 Å². The molecule has 0 saturated carbocycles. The first-order valence-electron chi connectivity index (χ1n) is 4.12. The van der Waals surface area contributed by atoms with E-state index in [9.17, 15) is 13.6 Å². The van der Waals surface area contributed by atoms with Gasteiger partial charge in [0, 0.05) is 10.7 Å². The first-order valence-corrected chi connectivity index (χ1v) is 5.45. The molecule has 7 heteroatoms. The SMILES string of the molecule is COC(=O)c1ncc(CCl)c(Br)c1C(F)F. The summed E-state index contributed by atoms with van der Waals surface area (Å²) in [6.07, 6.45) is -1.57. The van der Waals surface area contributed by atoms with E-state index in [1.807, 2.05) is 0 Å². The zero-order chi connectivity index (χ0) is 12.3. The Morgan fingerprint density at radius 1 is 1.69 bits per heavy atom. The van der Waals surface area contributed by atoms with Crippen LogP contribution in [-0.2, 0) is 10.6 Å². The van der Waals surface area contributed by atoms with Crippen LogP contribution in [0.5, 0.6) is 0 Å². The van der Waals surface area contributed by atoms with Crippen molar-refractivity contribution in [1.29, 1.82) is 0 Å². The van der Waals surface area contributed by atoms with Crippen LogP contribution in [0.15, 0.2) is 10.7 Å². The number of halogens is 4. The highest BCUT2D eigenvalue weighted by Gasteiger charge is 2.25. The first-order chi connectivity index (χ1) is 7.52. The second-order valence-corrected chi connectivity index (χ2v) is 3.85. The highest BCUT2D eigenvalue weighted by atomic mass is 79.9. The molecule has 1 rings (SSSR count). The Balaban J connectivity index is 3.40. The molecule has 1 aromatic heterocycles. The van der Waals surface area contributed by atoms with Crippen molar-refractivity contribution in [2.24, 2.45) is 0 Å². The Bertz CT molecular complexity index is 415. The number of carbonyl (C=O) groups is 1. The third-order valence-electron chi connectivity index (χ3n) is 1.86. The van der Waals surface area contributed by atoms with E-state index in [4.69, 9.17) is 11.6 Å². The van der Waals surface area contributed by atoms with E-state index in [1.165, 1.54) is 6.20 Å². The summed E-state index contributed by atoms with van der Waals surface area (Å²) in [5.41, 5.74) is -0.507. The fourth-order valence-electron chi connectivity index (χ4n) is 1.10. The molecule has 0 aliphatic rings. The Hall–Kier alpha value is -0.750. The molecule has 0 bridgehead atoms. The molecule has 0 atom stereocenters. The molecule has 1 heterocycles. The lowest BCUT2D eigenvalue weighted by Gasteiger charge is -2.10. The van der Waals surface area contributed by atoms with Crippen LogP contribution < -0.4 is 0 Å². The molecule has 0 fully saturated rings. The lowest BCUT2D eigenvalue weighted by Crippen LogP contribution is -2.10. The fourth-order valence-corrected chi connectivity index (χ4v) is 2.06.